The number of anilines is 1. The molecule has 0 spiro atoms. The first-order valence-electron chi connectivity index (χ1n) is 5.59. The second-order valence-corrected chi connectivity index (χ2v) is 4.25. The Morgan fingerprint density at radius 3 is 2.65 bits per heavy atom. The van der Waals surface area contributed by atoms with Gasteiger partial charge in [-0.2, -0.15) is 13.2 Å². The molecule has 0 aliphatic rings. The third-order valence-corrected chi connectivity index (χ3v) is 2.64. The molecule has 5 nitrogen and oxygen atoms in total. The summed E-state index contributed by atoms with van der Waals surface area (Å²) in [6, 6.07) is 2.84. The average Bonchev–Trinajstić information content (AvgIpc) is 2.36. The fourth-order valence-corrected chi connectivity index (χ4v) is 1.66. The molecule has 0 radical (unpaired) electrons. The minimum Gasteiger partial charge on any atom is -0.395 e. The van der Waals surface area contributed by atoms with Crippen molar-refractivity contribution in [2.24, 2.45) is 0 Å². The lowest BCUT2D eigenvalue weighted by Crippen LogP contribution is -2.41. The normalized spacial score (nSPS) is 11.3. The second-order valence-electron chi connectivity index (χ2n) is 3.84. The van der Waals surface area contributed by atoms with Crippen molar-refractivity contribution in [1.29, 1.82) is 0 Å². The molecule has 0 aliphatic carbocycles. The van der Waals surface area contributed by atoms with E-state index in [4.69, 9.17) is 16.7 Å². The third-order valence-electron chi connectivity index (χ3n) is 2.33. The molecule has 0 saturated heterocycles. The molecule has 1 aromatic rings. The fraction of sp³-hybridized carbons (Fsp3) is 0.455. The monoisotopic (exact) mass is 311 g/mol. The van der Waals surface area contributed by atoms with Crippen LogP contribution in [0.3, 0.4) is 0 Å². The van der Waals surface area contributed by atoms with Crippen molar-refractivity contribution in [3.63, 3.8) is 0 Å². The highest BCUT2D eigenvalue weighted by Crippen LogP contribution is 2.21. The molecule has 1 amide bonds. The van der Waals surface area contributed by atoms with E-state index in [1.54, 1.807) is 7.05 Å². The summed E-state index contributed by atoms with van der Waals surface area (Å²) in [7, 11) is 1.55. The van der Waals surface area contributed by atoms with Crippen LogP contribution in [0.2, 0.25) is 5.02 Å². The molecule has 0 aliphatic heterocycles. The van der Waals surface area contributed by atoms with Gasteiger partial charge in [0.1, 0.15) is 18.1 Å². The summed E-state index contributed by atoms with van der Waals surface area (Å²) < 4.78 is 37.2. The summed E-state index contributed by atoms with van der Waals surface area (Å²) >= 11 is 5.78. The lowest BCUT2D eigenvalue weighted by atomic mass is 10.3. The van der Waals surface area contributed by atoms with Crippen LogP contribution in [-0.2, 0) is 0 Å². The van der Waals surface area contributed by atoms with Crippen LogP contribution in [0, 0.1) is 0 Å². The number of pyridine rings is 1. The number of aromatic nitrogens is 1. The molecule has 20 heavy (non-hydrogen) atoms. The van der Waals surface area contributed by atoms with Crippen LogP contribution >= 0.6 is 11.6 Å². The van der Waals surface area contributed by atoms with Crippen LogP contribution < -0.4 is 5.32 Å². The first-order valence-corrected chi connectivity index (χ1v) is 5.97. The first-order chi connectivity index (χ1) is 9.28. The number of hydrogen-bond donors (Lipinski definition) is 2. The van der Waals surface area contributed by atoms with E-state index in [1.807, 2.05) is 0 Å². The summed E-state index contributed by atoms with van der Waals surface area (Å²) in [5.41, 5.74) is -0.295. The highest BCUT2D eigenvalue weighted by atomic mass is 35.5. The molecule has 0 fully saturated rings. The van der Waals surface area contributed by atoms with Gasteiger partial charge in [0, 0.05) is 13.6 Å². The average molecular weight is 312 g/mol. The second kappa shape index (κ2) is 6.76. The highest BCUT2D eigenvalue weighted by molar-refractivity contribution is 6.33. The van der Waals surface area contributed by atoms with Gasteiger partial charge in [0.05, 0.1) is 11.6 Å². The first kappa shape index (κ1) is 16.5. The number of halogens is 4. The van der Waals surface area contributed by atoms with Crippen LogP contribution in [0.1, 0.15) is 10.5 Å². The minimum atomic E-state index is -4.57. The molecule has 112 valence electrons. The van der Waals surface area contributed by atoms with Crippen molar-refractivity contribution in [3.05, 3.63) is 22.8 Å². The van der Waals surface area contributed by atoms with Gasteiger partial charge in [0.25, 0.3) is 5.91 Å². The number of hydrogen-bond acceptors (Lipinski definition) is 4. The molecule has 0 saturated carbocycles. The zero-order chi connectivity index (χ0) is 15.3. The van der Waals surface area contributed by atoms with Gasteiger partial charge >= 0.3 is 6.18 Å². The van der Waals surface area contributed by atoms with E-state index >= 15 is 0 Å². The van der Waals surface area contributed by atoms with Crippen molar-refractivity contribution >= 4 is 23.3 Å². The molecule has 2 N–H and O–H groups in total. The molecule has 9 heteroatoms. The van der Waals surface area contributed by atoms with E-state index in [2.05, 4.69) is 10.3 Å². The Labute approximate surface area is 118 Å². The predicted molar refractivity (Wildman–Crippen MR) is 67.8 cm³/mol. The maximum absolute atomic E-state index is 12.4. The quantitative estimate of drug-likeness (QED) is 0.870. The molecular weight excluding hydrogens is 299 g/mol. The van der Waals surface area contributed by atoms with Crippen molar-refractivity contribution in [2.45, 2.75) is 6.18 Å². The van der Waals surface area contributed by atoms with Crippen LogP contribution in [0.4, 0.5) is 19.0 Å². The number of carbonyl (C=O) groups is 1. The van der Waals surface area contributed by atoms with E-state index in [-0.39, 0.29) is 10.7 Å². The predicted octanol–water partition coefficient (Wildman–Crippen LogP) is 1.77. The largest absolute Gasteiger partial charge is 0.406 e. The van der Waals surface area contributed by atoms with Gasteiger partial charge in [-0.1, -0.05) is 11.6 Å². The Balaban J connectivity index is 3.05. The topological polar surface area (TPSA) is 65.5 Å². The molecular formula is C11H13ClF3N3O2. The molecule has 0 aromatic carbocycles. The fourth-order valence-electron chi connectivity index (χ4n) is 1.47. The summed E-state index contributed by atoms with van der Waals surface area (Å²) in [5.74, 6) is -0.688. The number of aliphatic hydroxyl groups is 1. The zero-order valence-electron chi connectivity index (χ0n) is 10.5. The zero-order valence-corrected chi connectivity index (χ0v) is 11.3. The van der Waals surface area contributed by atoms with Crippen LogP contribution in [0.5, 0.6) is 0 Å². The van der Waals surface area contributed by atoms with Crippen LogP contribution in [0.15, 0.2) is 12.1 Å². The lowest BCUT2D eigenvalue weighted by Gasteiger charge is -2.23. The maximum Gasteiger partial charge on any atom is 0.406 e. The Hall–Kier alpha value is -1.54. The van der Waals surface area contributed by atoms with Crippen LogP contribution in [-0.4, -0.2) is 53.8 Å². The van der Waals surface area contributed by atoms with Crippen LogP contribution in [0.25, 0.3) is 0 Å². The molecule has 1 aromatic heterocycles. The Morgan fingerprint density at radius 2 is 2.15 bits per heavy atom. The van der Waals surface area contributed by atoms with Crippen molar-refractivity contribution in [1.82, 2.24) is 9.88 Å². The van der Waals surface area contributed by atoms with Crippen molar-refractivity contribution in [3.8, 4) is 0 Å². The van der Waals surface area contributed by atoms with E-state index in [0.717, 1.165) is 0 Å². The lowest BCUT2D eigenvalue weighted by molar-refractivity contribution is -0.141. The maximum atomic E-state index is 12.4. The molecule has 1 heterocycles. The van der Waals surface area contributed by atoms with E-state index < -0.39 is 31.8 Å². The Kier molecular flexibility index (Phi) is 5.58. The molecule has 0 unspecified atom stereocenters. The summed E-state index contributed by atoms with van der Waals surface area (Å²) in [5, 5.41) is 11.4. The van der Waals surface area contributed by atoms with Gasteiger partial charge in [-0.25, -0.2) is 4.98 Å². The smallest absolute Gasteiger partial charge is 0.395 e. The number of amides is 1. The van der Waals surface area contributed by atoms with Gasteiger partial charge in [-0.15, -0.1) is 0 Å². The Bertz CT molecular complexity index is 482. The van der Waals surface area contributed by atoms with Gasteiger partial charge in [0.2, 0.25) is 0 Å². The van der Waals surface area contributed by atoms with E-state index in [9.17, 15) is 18.0 Å². The van der Waals surface area contributed by atoms with Crippen molar-refractivity contribution < 1.29 is 23.1 Å². The number of nitrogens with zero attached hydrogens (tertiary/aromatic N) is 2. The molecule has 0 atom stereocenters. The molecule has 1 rings (SSSR count). The van der Waals surface area contributed by atoms with E-state index in [0.29, 0.717) is 10.7 Å². The van der Waals surface area contributed by atoms with Gasteiger partial charge < -0.3 is 15.3 Å². The number of rotatable bonds is 5. The van der Waals surface area contributed by atoms with Crippen molar-refractivity contribution in [2.75, 3.05) is 32.1 Å². The van der Waals surface area contributed by atoms with E-state index in [1.165, 1.54) is 12.1 Å². The highest BCUT2D eigenvalue weighted by Gasteiger charge is 2.34. The number of nitrogens with one attached hydrogen (secondary N) is 1. The Morgan fingerprint density at radius 1 is 1.50 bits per heavy atom. The minimum absolute atomic E-state index is 0.0564. The van der Waals surface area contributed by atoms with Gasteiger partial charge in [-0.3, -0.25) is 4.79 Å². The number of carbonyl (C=O) groups excluding carboxylic acids is 1. The van der Waals surface area contributed by atoms with Gasteiger partial charge in [-0.05, 0) is 12.1 Å². The number of alkyl halides is 3. The third kappa shape index (κ3) is 4.53. The van der Waals surface area contributed by atoms with Gasteiger partial charge in [0.15, 0.2) is 0 Å². The standard InChI is InChI=1S/C11H13ClF3N3O2/c1-16-8-3-2-7(12)9(17-8)10(20)18(4-5-19)6-11(13,14)15/h2-3,19H,4-6H2,1H3,(H,16,17). The SMILES string of the molecule is CNc1ccc(Cl)c(C(=O)N(CCO)CC(F)(F)F)n1. The molecule has 0 bridgehead atoms. The summed E-state index contributed by atoms with van der Waals surface area (Å²) in [6.07, 6.45) is -4.57. The number of aliphatic hydroxyl groups excluding tert-OH is 1. The summed E-state index contributed by atoms with van der Waals surface area (Å²) in [4.78, 5) is 16.3. The summed E-state index contributed by atoms with van der Waals surface area (Å²) in [6.45, 7) is -2.53.